The Balaban J connectivity index is 1.81. The molecular formula is C29H36N2O3. The van der Waals surface area contributed by atoms with Gasteiger partial charge in [-0.25, -0.2) is 0 Å². The van der Waals surface area contributed by atoms with Crippen LogP contribution in [0.2, 0.25) is 0 Å². The molecule has 0 saturated heterocycles. The number of fused-ring (bicyclic) bond motifs is 1. The van der Waals surface area contributed by atoms with Gasteiger partial charge in [-0.05, 0) is 53.3 Å². The largest absolute Gasteiger partial charge is 0.497 e. The molecule has 0 saturated carbocycles. The van der Waals surface area contributed by atoms with Crippen LogP contribution < -0.4 is 10.1 Å². The van der Waals surface area contributed by atoms with E-state index in [1.807, 2.05) is 49.4 Å². The molecule has 3 aromatic carbocycles. The fraction of sp³-hybridized carbons (Fsp3) is 0.379. The number of hydrogen-bond acceptors (Lipinski definition) is 3. The van der Waals surface area contributed by atoms with Gasteiger partial charge in [0.1, 0.15) is 11.8 Å². The van der Waals surface area contributed by atoms with Crippen molar-refractivity contribution in [1.29, 1.82) is 0 Å². The molecule has 0 bridgehead atoms. The van der Waals surface area contributed by atoms with Crippen LogP contribution in [0.4, 0.5) is 0 Å². The van der Waals surface area contributed by atoms with E-state index in [0.29, 0.717) is 32.4 Å². The van der Waals surface area contributed by atoms with E-state index < -0.39 is 6.04 Å². The predicted molar refractivity (Wildman–Crippen MR) is 138 cm³/mol. The molecule has 0 heterocycles. The van der Waals surface area contributed by atoms with E-state index in [2.05, 4.69) is 36.5 Å². The minimum absolute atomic E-state index is 0.0201. The van der Waals surface area contributed by atoms with Gasteiger partial charge in [-0.15, -0.1) is 0 Å². The number of amides is 2. The monoisotopic (exact) mass is 460 g/mol. The summed E-state index contributed by atoms with van der Waals surface area (Å²) >= 11 is 0. The van der Waals surface area contributed by atoms with Gasteiger partial charge < -0.3 is 15.0 Å². The predicted octanol–water partition coefficient (Wildman–Crippen LogP) is 5.50. The van der Waals surface area contributed by atoms with Crippen LogP contribution in [-0.4, -0.2) is 36.4 Å². The lowest BCUT2D eigenvalue weighted by atomic mass is 10.00. The van der Waals surface area contributed by atoms with Crippen molar-refractivity contribution in [2.24, 2.45) is 0 Å². The highest BCUT2D eigenvalue weighted by Gasteiger charge is 2.28. The summed E-state index contributed by atoms with van der Waals surface area (Å²) in [4.78, 5) is 28.3. The van der Waals surface area contributed by atoms with Gasteiger partial charge in [0.25, 0.3) is 0 Å². The van der Waals surface area contributed by atoms with E-state index in [0.717, 1.165) is 29.7 Å². The average Bonchev–Trinajstić information content (AvgIpc) is 2.87. The van der Waals surface area contributed by atoms with Gasteiger partial charge in [-0.3, -0.25) is 9.59 Å². The number of carbonyl (C=O) groups excluding carboxylic acids is 2. The molecule has 5 heteroatoms. The van der Waals surface area contributed by atoms with E-state index in [9.17, 15) is 9.59 Å². The van der Waals surface area contributed by atoms with Gasteiger partial charge in [0.05, 0.1) is 7.11 Å². The van der Waals surface area contributed by atoms with Crippen molar-refractivity contribution in [1.82, 2.24) is 10.2 Å². The maximum absolute atomic E-state index is 13.6. The van der Waals surface area contributed by atoms with E-state index in [-0.39, 0.29) is 11.8 Å². The molecule has 1 N–H and O–H groups in total. The maximum atomic E-state index is 13.6. The molecule has 0 aromatic heterocycles. The van der Waals surface area contributed by atoms with Crippen LogP contribution >= 0.6 is 0 Å². The molecule has 0 aliphatic carbocycles. The number of nitrogens with zero attached hydrogens (tertiary/aromatic N) is 1. The van der Waals surface area contributed by atoms with Crippen LogP contribution in [0.1, 0.15) is 50.7 Å². The second-order valence-electron chi connectivity index (χ2n) is 8.58. The minimum Gasteiger partial charge on any atom is -0.497 e. The number of methoxy groups -OCH3 is 1. The molecule has 0 unspecified atom stereocenters. The van der Waals surface area contributed by atoms with Crippen LogP contribution in [0.15, 0.2) is 66.7 Å². The third kappa shape index (κ3) is 6.60. The summed E-state index contributed by atoms with van der Waals surface area (Å²) in [7, 11) is 1.63. The summed E-state index contributed by atoms with van der Waals surface area (Å²) < 4.78 is 5.36. The van der Waals surface area contributed by atoms with Gasteiger partial charge in [0.2, 0.25) is 11.8 Å². The van der Waals surface area contributed by atoms with E-state index in [1.54, 1.807) is 12.0 Å². The Kier molecular flexibility index (Phi) is 9.51. The molecule has 0 radical (unpaired) electrons. The summed E-state index contributed by atoms with van der Waals surface area (Å²) in [6.07, 6.45) is 3.46. The van der Waals surface area contributed by atoms with Crippen molar-refractivity contribution >= 4 is 22.6 Å². The second kappa shape index (κ2) is 12.8. The number of nitrogens with one attached hydrogen (secondary N) is 1. The zero-order chi connectivity index (χ0) is 24.3. The van der Waals surface area contributed by atoms with Crippen molar-refractivity contribution in [2.45, 2.75) is 58.5 Å². The summed E-state index contributed by atoms with van der Waals surface area (Å²) in [5.41, 5.74) is 2.09. The van der Waals surface area contributed by atoms with Gasteiger partial charge in [0, 0.05) is 19.5 Å². The number of rotatable bonds is 12. The Morgan fingerprint density at radius 2 is 1.76 bits per heavy atom. The van der Waals surface area contributed by atoms with Gasteiger partial charge in [-0.1, -0.05) is 74.9 Å². The highest BCUT2D eigenvalue weighted by molar-refractivity contribution is 5.89. The van der Waals surface area contributed by atoms with Crippen LogP contribution in [-0.2, 0) is 22.6 Å². The van der Waals surface area contributed by atoms with Crippen molar-refractivity contribution in [3.8, 4) is 5.75 Å². The van der Waals surface area contributed by atoms with Crippen LogP contribution in [0.5, 0.6) is 5.75 Å². The Morgan fingerprint density at radius 3 is 2.53 bits per heavy atom. The molecule has 180 valence electrons. The number of carbonyl (C=O) groups is 2. The van der Waals surface area contributed by atoms with E-state index >= 15 is 0 Å². The minimum atomic E-state index is -0.511. The van der Waals surface area contributed by atoms with Crippen LogP contribution in [0.25, 0.3) is 10.8 Å². The summed E-state index contributed by atoms with van der Waals surface area (Å²) in [5, 5.41) is 5.36. The van der Waals surface area contributed by atoms with Crippen LogP contribution in [0.3, 0.4) is 0 Å². The molecule has 5 nitrogen and oxygen atoms in total. The zero-order valence-electron chi connectivity index (χ0n) is 20.5. The van der Waals surface area contributed by atoms with Gasteiger partial charge >= 0.3 is 0 Å². The second-order valence-corrected chi connectivity index (χ2v) is 8.58. The van der Waals surface area contributed by atoms with Gasteiger partial charge in [-0.2, -0.15) is 0 Å². The topological polar surface area (TPSA) is 58.6 Å². The molecule has 0 fully saturated rings. The number of hydrogen-bond donors (Lipinski definition) is 1. The first kappa shape index (κ1) is 25.3. The normalized spacial score (nSPS) is 11.7. The lowest BCUT2D eigenvalue weighted by Crippen LogP contribution is -2.49. The molecular weight excluding hydrogens is 424 g/mol. The zero-order valence-corrected chi connectivity index (χ0v) is 20.5. The van der Waals surface area contributed by atoms with Crippen molar-refractivity contribution in [2.75, 3.05) is 13.7 Å². The fourth-order valence-corrected chi connectivity index (χ4v) is 4.29. The molecule has 0 aliphatic heterocycles. The first-order chi connectivity index (χ1) is 16.6. The number of ether oxygens (including phenoxy) is 1. The van der Waals surface area contributed by atoms with E-state index in [1.165, 1.54) is 10.8 Å². The highest BCUT2D eigenvalue weighted by Crippen LogP contribution is 2.22. The number of unbranched alkanes of at least 4 members (excludes halogenated alkanes) is 1. The summed E-state index contributed by atoms with van der Waals surface area (Å²) in [5.74, 6) is 0.631. The Bertz CT molecular complexity index is 1090. The quantitative estimate of drug-likeness (QED) is 0.363. The van der Waals surface area contributed by atoms with Crippen LogP contribution in [0, 0.1) is 0 Å². The Morgan fingerprint density at radius 1 is 1.00 bits per heavy atom. The number of aryl methyl sites for hydroxylation is 1. The molecule has 1 atom stereocenters. The Labute approximate surface area is 203 Å². The first-order valence-corrected chi connectivity index (χ1v) is 12.2. The summed E-state index contributed by atoms with van der Waals surface area (Å²) in [6.45, 7) is 5.05. The lowest BCUT2D eigenvalue weighted by Gasteiger charge is -2.31. The molecule has 3 rings (SSSR count). The maximum Gasteiger partial charge on any atom is 0.242 e. The third-order valence-electron chi connectivity index (χ3n) is 6.19. The lowest BCUT2D eigenvalue weighted by molar-refractivity contribution is -0.141. The van der Waals surface area contributed by atoms with Crippen molar-refractivity contribution in [3.05, 3.63) is 77.9 Å². The molecule has 2 amide bonds. The molecule has 3 aromatic rings. The standard InChI is InChI=1S/C29H36N2O3/c1-4-6-19-30-29(33)27(5-2)31(21-22-11-9-15-25(20-22)34-3)28(32)18-17-24-14-10-13-23-12-7-8-16-26(23)24/h7-16,20,27H,4-6,17-19,21H2,1-3H3,(H,30,33)/t27-/m0/s1. The number of benzene rings is 3. The summed E-state index contributed by atoms with van der Waals surface area (Å²) in [6, 6.07) is 21.6. The fourth-order valence-electron chi connectivity index (χ4n) is 4.29. The van der Waals surface area contributed by atoms with Crippen molar-refractivity contribution in [3.63, 3.8) is 0 Å². The SMILES string of the molecule is CCCCNC(=O)[C@H](CC)N(Cc1cccc(OC)c1)C(=O)CCc1cccc2ccccc12. The average molecular weight is 461 g/mol. The van der Waals surface area contributed by atoms with E-state index in [4.69, 9.17) is 4.74 Å². The molecule has 34 heavy (non-hydrogen) atoms. The molecule has 0 aliphatic rings. The van der Waals surface area contributed by atoms with Gasteiger partial charge in [0.15, 0.2) is 0 Å². The third-order valence-corrected chi connectivity index (χ3v) is 6.19. The molecule has 0 spiro atoms. The Hall–Kier alpha value is -3.34. The first-order valence-electron chi connectivity index (χ1n) is 12.2. The smallest absolute Gasteiger partial charge is 0.242 e. The highest BCUT2D eigenvalue weighted by atomic mass is 16.5. The van der Waals surface area contributed by atoms with Crippen molar-refractivity contribution < 1.29 is 14.3 Å².